The summed E-state index contributed by atoms with van der Waals surface area (Å²) in [6.45, 7) is -0.202. The minimum Gasteiger partial charge on any atom is -0.393 e. The molecule has 1 fully saturated rings. The van der Waals surface area contributed by atoms with Gasteiger partial charge in [-0.05, 0) is 29.1 Å². The van der Waals surface area contributed by atoms with Gasteiger partial charge in [0.05, 0.1) is 6.61 Å². The number of rotatable bonds is 5. The summed E-state index contributed by atoms with van der Waals surface area (Å²) in [6, 6.07) is 8.30. The van der Waals surface area contributed by atoms with Crippen LogP contribution < -0.4 is 4.90 Å². The Bertz CT molecular complexity index is 900. The van der Waals surface area contributed by atoms with Crippen LogP contribution in [0.2, 0.25) is 0 Å². The van der Waals surface area contributed by atoms with Crippen molar-refractivity contribution < 1.29 is 51.6 Å². The van der Waals surface area contributed by atoms with Gasteiger partial charge in [-0.15, -0.1) is 11.3 Å². The maximum atomic E-state index is 13.0. The first kappa shape index (κ1) is 24.2. The third kappa shape index (κ3) is 4.68. The minimum absolute atomic E-state index is 0. The molecule has 1 saturated heterocycles. The van der Waals surface area contributed by atoms with Crippen LogP contribution in [-0.2, 0) is 35.4 Å². The summed E-state index contributed by atoms with van der Waals surface area (Å²) in [5.74, 6) is 0. The molecule has 3 rings (SSSR count). The van der Waals surface area contributed by atoms with Crippen molar-refractivity contribution in [2.45, 2.75) is 16.0 Å². The molecule has 0 spiro atoms. The molecular weight excluding hydrogens is 608 g/mol. The molecular formula is C17H19F3N2O4OsS2. The Morgan fingerprint density at radius 2 is 1.62 bits per heavy atom. The fraction of sp³-hybridized carbons (Fsp3) is 0.412. The van der Waals surface area contributed by atoms with E-state index in [9.17, 15) is 26.7 Å². The summed E-state index contributed by atoms with van der Waals surface area (Å²) in [6.07, 6.45) is -5.01. The number of piperazine rings is 1. The SMILES string of the molecule is O=S(=O)(c1cccs1)N1CCN(c2ccc(C(O)(CO)C(F)(F)F)cc2)CC1.[Os]. The van der Waals surface area contributed by atoms with E-state index < -0.39 is 34.0 Å². The van der Waals surface area contributed by atoms with E-state index in [2.05, 4.69) is 0 Å². The first-order valence-electron chi connectivity index (χ1n) is 8.39. The number of thiophene rings is 1. The third-order valence-corrected chi connectivity index (χ3v) is 8.01. The van der Waals surface area contributed by atoms with Crippen LogP contribution in [0.4, 0.5) is 18.9 Å². The van der Waals surface area contributed by atoms with Crippen molar-refractivity contribution in [1.29, 1.82) is 0 Å². The number of aliphatic hydroxyl groups excluding tert-OH is 1. The molecule has 1 unspecified atom stereocenters. The number of hydrogen-bond acceptors (Lipinski definition) is 6. The molecule has 162 valence electrons. The second kappa shape index (κ2) is 9.00. The largest absolute Gasteiger partial charge is 0.423 e. The smallest absolute Gasteiger partial charge is 0.393 e. The van der Waals surface area contributed by atoms with Crippen molar-refractivity contribution in [3.8, 4) is 0 Å². The Kier molecular flexibility index (Phi) is 7.52. The van der Waals surface area contributed by atoms with Crippen LogP contribution >= 0.6 is 11.3 Å². The van der Waals surface area contributed by atoms with Gasteiger partial charge in [-0.3, -0.25) is 0 Å². The van der Waals surface area contributed by atoms with Crippen molar-refractivity contribution in [2.75, 3.05) is 37.7 Å². The van der Waals surface area contributed by atoms with E-state index in [4.69, 9.17) is 5.11 Å². The molecule has 12 heteroatoms. The Labute approximate surface area is 183 Å². The van der Waals surface area contributed by atoms with Gasteiger partial charge in [0.1, 0.15) is 4.21 Å². The zero-order chi connectivity index (χ0) is 20.6. The number of alkyl halides is 3. The topological polar surface area (TPSA) is 81.1 Å². The Morgan fingerprint density at radius 1 is 1.03 bits per heavy atom. The molecule has 1 aromatic carbocycles. The number of anilines is 1. The molecule has 29 heavy (non-hydrogen) atoms. The number of benzene rings is 1. The number of halogens is 3. The number of hydrogen-bond donors (Lipinski definition) is 2. The fourth-order valence-corrected chi connectivity index (χ4v) is 5.58. The second-order valence-electron chi connectivity index (χ2n) is 6.39. The third-order valence-electron chi connectivity index (χ3n) is 4.74. The molecule has 6 nitrogen and oxygen atoms in total. The van der Waals surface area contributed by atoms with Crippen molar-refractivity contribution in [1.82, 2.24) is 4.31 Å². The van der Waals surface area contributed by atoms with Gasteiger partial charge >= 0.3 is 6.18 Å². The zero-order valence-corrected chi connectivity index (χ0v) is 19.2. The molecule has 1 aliphatic heterocycles. The molecule has 0 bridgehead atoms. The molecule has 1 aromatic heterocycles. The van der Waals surface area contributed by atoms with E-state index in [0.29, 0.717) is 18.8 Å². The Balaban J connectivity index is 0.00000300. The van der Waals surface area contributed by atoms with Gasteiger partial charge in [-0.25, -0.2) is 8.42 Å². The van der Waals surface area contributed by atoms with Crippen LogP contribution in [0.25, 0.3) is 0 Å². The van der Waals surface area contributed by atoms with E-state index in [1.165, 1.54) is 16.4 Å². The summed E-state index contributed by atoms with van der Waals surface area (Å²) in [5, 5.41) is 20.5. The normalized spacial score (nSPS) is 18.2. The van der Waals surface area contributed by atoms with Gasteiger partial charge in [0, 0.05) is 51.7 Å². The van der Waals surface area contributed by atoms with E-state index in [0.717, 1.165) is 23.5 Å². The standard InChI is InChI=1S/C17H19F3N2O4S2.Os/c18-17(19,20)16(24,12-23)13-3-5-14(6-4-13)21-7-9-22(10-8-21)28(25,26)15-2-1-11-27-15;/h1-6,11,23-24H,7-10,12H2;. The van der Waals surface area contributed by atoms with Crippen molar-refractivity contribution in [3.63, 3.8) is 0 Å². The molecule has 2 aromatic rings. The molecule has 2 N–H and O–H groups in total. The van der Waals surface area contributed by atoms with Crippen molar-refractivity contribution >= 4 is 27.0 Å². The maximum Gasteiger partial charge on any atom is 0.423 e. The first-order chi connectivity index (χ1) is 13.1. The summed E-state index contributed by atoms with van der Waals surface area (Å²) >= 11 is 1.15. The molecule has 1 atom stereocenters. The molecule has 0 aliphatic carbocycles. The maximum absolute atomic E-state index is 13.0. The average molecular weight is 627 g/mol. The molecule has 0 saturated carbocycles. The first-order valence-corrected chi connectivity index (χ1v) is 10.7. The van der Waals surface area contributed by atoms with E-state index >= 15 is 0 Å². The minimum atomic E-state index is -5.01. The van der Waals surface area contributed by atoms with E-state index in [1.54, 1.807) is 17.5 Å². The van der Waals surface area contributed by atoms with Gasteiger partial charge in [0.2, 0.25) is 5.60 Å². The van der Waals surface area contributed by atoms with Crippen LogP contribution in [0.1, 0.15) is 5.56 Å². The Morgan fingerprint density at radius 3 is 2.07 bits per heavy atom. The molecule has 0 amide bonds. The number of nitrogens with zero attached hydrogens (tertiary/aromatic N) is 2. The monoisotopic (exact) mass is 628 g/mol. The van der Waals surface area contributed by atoms with Crippen molar-refractivity contribution in [2.24, 2.45) is 0 Å². The van der Waals surface area contributed by atoms with Crippen LogP contribution in [0.3, 0.4) is 0 Å². The van der Waals surface area contributed by atoms with Crippen molar-refractivity contribution in [3.05, 3.63) is 47.3 Å². The molecule has 2 heterocycles. The zero-order valence-electron chi connectivity index (χ0n) is 15.0. The van der Waals surface area contributed by atoms with Crippen LogP contribution in [-0.4, -0.2) is 61.9 Å². The van der Waals surface area contributed by atoms with Gasteiger partial charge < -0.3 is 15.1 Å². The van der Waals surface area contributed by atoms with Gasteiger partial charge in [0.15, 0.2) is 0 Å². The second-order valence-corrected chi connectivity index (χ2v) is 9.50. The number of sulfonamides is 1. The summed E-state index contributed by atoms with van der Waals surface area (Å²) in [5.41, 5.74) is -3.16. The molecule has 0 radical (unpaired) electrons. The van der Waals surface area contributed by atoms with Gasteiger partial charge in [0.25, 0.3) is 10.0 Å². The molecule has 1 aliphatic rings. The van der Waals surface area contributed by atoms with Crippen LogP contribution in [0.5, 0.6) is 0 Å². The predicted molar refractivity (Wildman–Crippen MR) is 98.8 cm³/mol. The van der Waals surface area contributed by atoms with Gasteiger partial charge in [-0.2, -0.15) is 17.5 Å². The van der Waals surface area contributed by atoms with E-state index in [1.807, 2.05) is 4.90 Å². The summed E-state index contributed by atoms with van der Waals surface area (Å²) in [7, 11) is -3.53. The van der Waals surface area contributed by atoms with E-state index in [-0.39, 0.29) is 37.1 Å². The van der Waals surface area contributed by atoms with Gasteiger partial charge in [-0.1, -0.05) is 18.2 Å². The summed E-state index contributed by atoms with van der Waals surface area (Å²) < 4.78 is 65.8. The fourth-order valence-electron chi connectivity index (χ4n) is 3.02. The summed E-state index contributed by atoms with van der Waals surface area (Å²) in [4.78, 5) is 1.86. The Hall–Kier alpha value is -1.02. The number of aliphatic hydroxyl groups is 2. The quantitative estimate of drug-likeness (QED) is 0.531. The average Bonchev–Trinajstić information content (AvgIpc) is 3.22. The predicted octanol–water partition coefficient (Wildman–Crippen LogP) is 2.00. The van der Waals surface area contributed by atoms with Crippen LogP contribution in [0, 0.1) is 0 Å². The van der Waals surface area contributed by atoms with Crippen LogP contribution in [0.15, 0.2) is 46.0 Å².